The van der Waals surface area contributed by atoms with Gasteiger partial charge in [0.05, 0.1) is 18.9 Å². The van der Waals surface area contributed by atoms with E-state index in [4.69, 9.17) is 9.47 Å². The molecule has 33 heavy (non-hydrogen) atoms. The summed E-state index contributed by atoms with van der Waals surface area (Å²) in [5.74, 6) is -1.26. The average Bonchev–Trinajstić information content (AvgIpc) is 3.27. The van der Waals surface area contributed by atoms with Gasteiger partial charge >= 0.3 is 11.9 Å². The van der Waals surface area contributed by atoms with Gasteiger partial charge in [-0.3, -0.25) is 0 Å². The van der Waals surface area contributed by atoms with Gasteiger partial charge in [-0.1, -0.05) is 72.8 Å². The third-order valence-corrected chi connectivity index (χ3v) is 5.10. The molecule has 0 fully saturated rings. The number of para-hydroxylation sites is 1. The molecule has 0 aliphatic carbocycles. The highest BCUT2D eigenvalue weighted by molar-refractivity contribution is 6.07. The van der Waals surface area contributed by atoms with Crippen LogP contribution in [0.1, 0.15) is 34.7 Å². The zero-order valence-corrected chi connectivity index (χ0v) is 18.5. The molecule has 0 aliphatic heterocycles. The van der Waals surface area contributed by atoms with E-state index in [9.17, 15) is 9.59 Å². The van der Waals surface area contributed by atoms with E-state index in [-0.39, 0.29) is 24.5 Å². The average molecular weight is 440 g/mol. The summed E-state index contributed by atoms with van der Waals surface area (Å²) in [5.41, 5.74) is 3.94. The first-order chi connectivity index (χ1) is 16.1. The van der Waals surface area contributed by atoms with Crippen molar-refractivity contribution >= 4 is 11.9 Å². The number of carbonyl (C=O) groups excluding carboxylic acids is 2. The Bertz CT molecular complexity index is 1250. The van der Waals surface area contributed by atoms with Crippen molar-refractivity contribution in [2.75, 3.05) is 13.2 Å². The van der Waals surface area contributed by atoms with Crippen LogP contribution in [0.15, 0.2) is 84.9 Å². The third kappa shape index (κ3) is 4.55. The number of ether oxygens (including phenoxy) is 2. The second-order valence-corrected chi connectivity index (χ2v) is 7.20. The molecule has 0 unspecified atom stereocenters. The summed E-state index contributed by atoms with van der Waals surface area (Å²) in [6.45, 7) is 3.78. The van der Waals surface area contributed by atoms with Gasteiger partial charge in [-0.15, -0.1) is 0 Å². The van der Waals surface area contributed by atoms with Crippen LogP contribution in [0.5, 0.6) is 0 Å². The number of aromatic nitrogens is 2. The lowest BCUT2D eigenvalue weighted by atomic mass is 10.0. The Kier molecular flexibility index (Phi) is 6.64. The number of rotatable bonds is 7. The Labute approximate surface area is 192 Å². The Morgan fingerprint density at radius 2 is 1.21 bits per heavy atom. The molecule has 0 atom stereocenters. The van der Waals surface area contributed by atoms with Crippen LogP contribution >= 0.6 is 0 Å². The fraction of sp³-hybridized carbons (Fsp3) is 0.148. The van der Waals surface area contributed by atoms with Crippen LogP contribution in [0.4, 0.5) is 0 Å². The molecule has 4 rings (SSSR count). The van der Waals surface area contributed by atoms with Gasteiger partial charge in [0, 0.05) is 5.56 Å². The van der Waals surface area contributed by atoms with E-state index < -0.39 is 11.9 Å². The van der Waals surface area contributed by atoms with Crippen molar-refractivity contribution < 1.29 is 19.1 Å². The summed E-state index contributed by atoms with van der Waals surface area (Å²) in [7, 11) is 0. The predicted molar refractivity (Wildman–Crippen MR) is 126 cm³/mol. The minimum atomic E-state index is -0.635. The molecular formula is C27H24N2O4. The Morgan fingerprint density at radius 3 is 1.82 bits per heavy atom. The van der Waals surface area contributed by atoms with Gasteiger partial charge in [-0.25, -0.2) is 14.3 Å². The topological polar surface area (TPSA) is 70.4 Å². The molecule has 0 spiro atoms. The van der Waals surface area contributed by atoms with Gasteiger partial charge < -0.3 is 9.47 Å². The van der Waals surface area contributed by atoms with Crippen LogP contribution in [-0.4, -0.2) is 34.9 Å². The number of hydrogen-bond acceptors (Lipinski definition) is 5. The van der Waals surface area contributed by atoms with Crippen LogP contribution in [0.3, 0.4) is 0 Å². The quantitative estimate of drug-likeness (QED) is 0.352. The summed E-state index contributed by atoms with van der Waals surface area (Å²) in [5, 5.41) is 4.67. The van der Waals surface area contributed by atoms with E-state index >= 15 is 0 Å². The molecule has 0 bridgehead atoms. The molecule has 1 aromatic heterocycles. The fourth-order valence-corrected chi connectivity index (χ4v) is 3.61. The molecule has 3 aromatic carbocycles. The lowest BCUT2D eigenvalue weighted by Gasteiger charge is -2.09. The van der Waals surface area contributed by atoms with Gasteiger partial charge in [0.25, 0.3) is 0 Å². The minimum absolute atomic E-state index is 0.0450. The molecule has 6 heteroatoms. The zero-order valence-electron chi connectivity index (χ0n) is 18.5. The molecule has 166 valence electrons. The van der Waals surface area contributed by atoms with E-state index in [0.29, 0.717) is 16.9 Å². The van der Waals surface area contributed by atoms with E-state index in [2.05, 4.69) is 5.10 Å². The summed E-state index contributed by atoms with van der Waals surface area (Å²) >= 11 is 0. The van der Waals surface area contributed by atoms with Gasteiger partial charge in [0.2, 0.25) is 0 Å². The lowest BCUT2D eigenvalue weighted by Crippen LogP contribution is -2.17. The molecule has 0 N–H and O–H groups in total. The van der Waals surface area contributed by atoms with Gasteiger partial charge in [0.1, 0.15) is 11.3 Å². The van der Waals surface area contributed by atoms with Crippen molar-refractivity contribution in [3.8, 4) is 28.1 Å². The van der Waals surface area contributed by atoms with Crippen molar-refractivity contribution in [2.45, 2.75) is 13.8 Å². The summed E-state index contributed by atoms with van der Waals surface area (Å²) in [4.78, 5) is 26.0. The maximum atomic E-state index is 13.0. The van der Waals surface area contributed by atoms with Gasteiger partial charge in [-0.2, -0.15) is 5.10 Å². The molecule has 1 heterocycles. The zero-order chi connectivity index (χ0) is 23.2. The predicted octanol–water partition coefficient (Wildman–Crippen LogP) is 5.56. The Hall–Kier alpha value is -4.19. The highest BCUT2D eigenvalue weighted by atomic mass is 16.5. The SMILES string of the molecule is CCOC(=O)c1c(-c2ccc(-c3ccccc3)cc2)nn(-c2ccccc2)c1C(=O)OCC. The third-order valence-electron chi connectivity index (χ3n) is 5.10. The molecular weight excluding hydrogens is 416 g/mol. The number of nitrogens with zero attached hydrogens (tertiary/aromatic N) is 2. The maximum Gasteiger partial charge on any atom is 0.357 e. The maximum absolute atomic E-state index is 13.0. The van der Waals surface area contributed by atoms with E-state index in [1.165, 1.54) is 4.68 Å². The van der Waals surface area contributed by atoms with E-state index in [1.54, 1.807) is 13.8 Å². The molecule has 0 saturated heterocycles. The number of hydrogen-bond donors (Lipinski definition) is 0. The van der Waals surface area contributed by atoms with Crippen LogP contribution in [-0.2, 0) is 9.47 Å². The Balaban J connectivity index is 1.90. The summed E-state index contributed by atoms with van der Waals surface area (Å²) in [6, 6.07) is 26.9. The first-order valence-electron chi connectivity index (χ1n) is 10.8. The van der Waals surface area contributed by atoms with Crippen molar-refractivity contribution in [1.29, 1.82) is 0 Å². The highest BCUT2D eigenvalue weighted by Crippen LogP contribution is 2.31. The largest absolute Gasteiger partial charge is 0.462 e. The van der Waals surface area contributed by atoms with Crippen molar-refractivity contribution in [3.63, 3.8) is 0 Å². The van der Waals surface area contributed by atoms with Gasteiger partial charge in [-0.05, 0) is 37.1 Å². The second-order valence-electron chi connectivity index (χ2n) is 7.20. The smallest absolute Gasteiger partial charge is 0.357 e. The van der Waals surface area contributed by atoms with E-state index in [1.807, 2.05) is 84.9 Å². The molecule has 0 saturated carbocycles. The van der Waals surface area contributed by atoms with Crippen LogP contribution in [0.2, 0.25) is 0 Å². The van der Waals surface area contributed by atoms with E-state index in [0.717, 1.165) is 11.1 Å². The minimum Gasteiger partial charge on any atom is -0.462 e. The Morgan fingerprint density at radius 1 is 0.697 bits per heavy atom. The van der Waals surface area contributed by atoms with Crippen LogP contribution in [0.25, 0.3) is 28.1 Å². The molecule has 0 amide bonds. The first kappa shape index (κ1) is 22.0. The summed E-state index contributed by atoms with van der Waals surface area (Å²) < 4.78 is 12.0. The normalized spacial score (nSPS) is 10.6. The second kappa shape index (κ2) is 9.96. The standard InChI is InChI=1S/C27H24N2O4/c1-3-32-26(30)23-24(21-17-15-20(16-18-21)19-11-7-5-8-12-19)28-29(22-13-9-6-10-14-22)25(23)27(31)33-4-2/h5-18H,3-4H2,1-2H3. The molecule has 0 aliphatic rings. The molecule has 4 aromatic rings. The van der Waals surface area contributed by atoms with Crippen molar-refractivity contribution in [2.24, 2.45) is 0 Å². The fourth-order valence-electron chi connectivity index (χ4n) is 3.61. The molecule has 6 nitrogen and oxygen atoms in total. The number of esters is 2. The van der Waals surface area contributed by atoms with Crippen molar-refractivity contribution in [3.05, 3.63) is 96.2 Å². The number of benzene rings is 3. The summed E-state index contributed by atoms with van der Waals surface area (Å²) in [6.07, 6.45) is 0. The van der Waals surface area contributed by atoms with Crippen LogP contribution < -0.4 is 0 Å². The first-order valence-corrected chi connectivity index (χ1v) is 10.8. The lowest BCUT2D eigenvalue weighted by molar-refractivity contribution is 0.0473. The number of carbonyl (C=O) groups is 2. The van der Waals surface area contributed by atoms with Crippen molar-refractivity contribution in [1.82, 2.24) is 9.78 Å². The highest BCUT2D eigenvalue weighted by Gasteiger charge is 2.31. The monoisotopic (exact) mass is 440 g/mol. The van der Waals surface area contributed by atoms with Gasteiger partial charge in [0.15, 0.2) is 5.69 Å². The van der Waals surface area contributed by atoms with Crippen LogP contribution in [0, 0.1) is 0 Å². The molecule has 0 radical (unpaired) electrons.